The van der Waals surface area contributed by atoms with Gasteiger partial charge in [-0.25, -0.2) is 22.1 Å². The van der Waals surface area contributed by atoms with E-state index in [2.05, 4.69) is 4.98 Å². The van der Waals surface area contributed by atoms with Crippen LogP contribution in [0.5, 0.6) is 5.75 Å². The van der Waals surface area contributed by atoms with Gasteiger partial charge in [0, 0.05) is 27.6 Å². The first kappa shape index (κ1) is 22.7. The Kier molecular flexibility index (Phi) is 6.91. The number of ether oxygens (including phenoxy) is 2. The molecule has 166 valence electrons. The van der Waals surface area contributed by atoms with E-state index in [4.69, 9.17) is 9.47 Å². The number of fused-ring (bicyclic) bond motifs is 1. The van der Waals surface area contributed by atoms with Gasteiger partial charge in [0.1, 0.15) is 19.0 Å². The number of carbonyl (C=O) groups is 1. The van der Waals surface area contributed by atoms with Crippen LogP contribution in [0.25, 0.3) is 11.0 Å². The topological polar surface area (TPSA) is 90.7 Å². The molecule has 0 amide bonds. The average Bonchev–Trinajstić information content (AvgIpc) is 3.05. The normalized spacial score (nSPS) is 11.8. The molecule has 0 atom stereocenters. The third kappa shape index (κ3) is 5.20. The molecule has 0 aliphatic carbocycles. The Balaban J connectivity index is 1.56. The van der Waals surface area contributed by atoms with Gasteiger partial charge < -0.3 is 14.0 Å². The predicted molar refractivity (Wildman–Crippen MR) is 113 cm³/mol. The molecule has 0 N–H and O–H groups in total. The van der Waals surface area contributed by atoms with E-state index >= 15 is 0 Å². The van der Waals surface area contributed by atoms with Gasteiger partial charge in [0.2, 0.25) is 10.0 Å². The molecule has 1 heterocycles. The molecule has 0 bridgehead atoms. The zero-order valence-electron chi connectivity index (χ0n) is 17.5. The number of hydrogen-bond donors (Lipinski definition) is 0. The monoisotopic (exact) mass is 449 g/mol. The maximum atomic E-state index is 13.5. The lowest BCUT2D eigenvalue weighted by Crippen LogP contribution is -2.22. The molecule has 0 aliphatic rings. The molecule has 10 heteroatoms. The van der Waals surface area contributed by atoms with Gasteiger partial charge in [-0.3, -0.25) is 4.79 Å². The van der Waals surface area contributed by atoms with Crippen LogP contribution < -0.4 is 4.74 Å². The van der Waals surface area contributed by atoms with E-state index in [-0.39, 0.29) is 30.3 Å². The molecule has 0 saturated carbocycles. The van der Waals surface area contributed by atoms with Crippen molar-refractivity contribution in [1.29, 1.82) is 0 Å². The fraction of sp³-hybridized carbons (Fsp3) is 0.333. The highest BCUT2D eigenvalue weighted by Gasteiger charge is 2.19. The molecule has 2 aromatic carbocycles. The van der Waals surface area contributed by atoms with Gasteiger partial charge in [0.25, 0.3) is 0 Å². The summed E-state index contributed by atoms with van der Waals surface area (Å²) in [6.45, 7) is 0.0452. The Morgan fingerprint density at radius 1 is 1.16 bits per heavy atom. The van der Waals surface area contributed by atoms with Crippen molar-refractivity contribution in [1.82, 2.24) is 13.9 Å². The van der Waals surface area contributed by atoms with Gasteiger partial charge in [0.15, 0.2) is 11.6 Å². The highest BCUT2D eigenvalue weighted by molar-refractivity contribution is 7.89. The quantitative estimate of drug-likeness (QED) is 0.368. The predicted octanol–water partition coefficient (Wildman–Crippen LogP) is 2.52. The number of aryl methyl sites for hydroxylation is 2. The second-order valence-electron chi connectivity index (χ2n) is 7.02. The second-order valence-corrected chi connectivity index (χ2v) is 9.18. The summed E-state index contributed by atoms with van der Waals surface area (Å²) in [5.41, 5.74) is 1.30. The Labute approximate surface area is 180 Å². The molecule has 0 aliphatic heterocycles. The van der Waals surface area contributed by atoms with Crippen molar-refractivity contribution in [3.63, 3.8) is 0 Å². The number of carbonyl (C=O) groups excluding carboxylic acids is 1. The van der Waals surface area contributed by atoms with Gasteiger partial charge in [-0.05, 0) is 30.3 Å². The summed E-state index contributed by atoms with van der Waals surface area (Å²) in [4.78, 5) is 16.6. The van der Waals surface area contributed by atoms with Crippen LogP contribution in [-0.4, -0.2) is 55.6 Å². The zero-order valence-corrected chi connectivity index (χ0v) is 18.4. The van der Waals surface area contributed by atoms with Crippen molar-refractivity contribution in [3.8, 4) is 5.75 Å². The van der Waals surface area contributed by atoms with Crippen LogP contribution in [0, 0.1) is 5.82 Å². The number of aromatic nitrogens is 2. The molecule has 0 fully saturated rings. The SMILES string of the molecule is CN(C)S(=O)(=O)c1ccc2c(c1)nc(CCC(=O)OCCOc1ccccc1F)n2C. The maximum absolute atomic E-state index is 13.5. The van der Waals surface area contributed by atoms with Crippen molar-refractivity contribution in [2.75, 3.05) is 27.3 Å². The summed E-state index contributed by atoms with van der Waals surface area (Å²) in [6, 6.07) is 10.8. The molecule has 1 aromatic heterocycles. The Hall–Kier alpha value is -2.98. The van der Waals surface area contributed by atoms with Crippen LogP contribution >= 0.6 is 0 Å². The lowest BCUT2D eigenvalue weighted by Gasteiger charge is -2.10. The molecule has 0 radical (unpaired) electrons. The third-order valence-corrected chi connectivity index (χ3v) is 6.53. The van der Waals surface area contributed by atoms with Crippen LogP contribution in [0.1, 0.15) is 12.2 Å². The van der Waals surface area contributed by atoms with E-state index in [0.29, 0.717) is 17.8 Å². The van der Waals surface area contributed by atoms with Crippen LogP contribution in [0.4, 0.5) is 4.39 Å². The summed E-state index contributed by atoms with van der Waals surface area (Å²) in [5.74, 6) is -0.167. The molecule has 0 spiro atoms. The lowest BCUT2D eigenvalue weighted by atomic mass is 10.3. The Morgan fingerprint density at radius 2 is 1.90 bits per heavy atom. The summed E-state index contributed by atoms with van der Waals surface area (Å²) < 4.78 is 51.4. The first-order valence-corrected chi connectivity index (χ1v) is 11.0. The molecule has 0 unspecified atom stereocenters. The minimum absolute atomic E-state index is 0.00145. The van der Waals surface area contributed by atoms with Gasteiger partial charge in [-0.15, -0.1) is 0 Å². The van der Waals surface area contributed by atoms with Crippen molar-refractivity contribution in [3.05, 3.63) is 54.1 Å². The fourth-order valence-electron chi connectivity index (χ4n) is 2.98. The first-order valence-electron chi connectivity index (χ1n) is 9.61. The van der Waals surface area contributed by atoms with E-state index in [1.165, 1.54) is 38.4 Å². The zero-order chi connectivity index (χ0) is 22.6. The second kappa shape index (κ2) is 9.44. The van der Waals surface area contributed by atoms with Gasteiger partial charge in [-0.1, -0.05) is 12.1 Å². The van der Waals surface area contributed by atoms with Gasteiger partial charge in [-0.2, -0.15) is 0 Å². The molecular weight excluding hydrogens is 425 g/mol. The number of para-hydroxylation sites is 1. The fourth-order valence-corrected chi connectivity index (χ4v) is 3.90. The van der Waals surface area contributed by atoms with Crippen LogP contribution in [0.3, 0.4) is 0 Å². The molecular formula is C21H24FN3O5S. The summed E-state index contributed by atoms with van der Waals surface area (Å²) in [6.07, 6.45) is 0.424. The van der Waals surface area contributed by atoms with Crippen molar-refractivity contribution < 1.29 is 27.1 Å². The smallest absolute Gasteiger partial charge is 0.306 e. The lowest BCUT2D eigenvalue weighted by molar-refractivity contribution is -0.144. The summed E-state index contributed by atoms with van der Waals surface area (Å²) in [7, 11) is 1.18. The van der Waals surface area contributed by atoms with Gasteiger partial charge >= 0.3 is 5.97 Å². The number of nitrogens with zero attached hydrogens (tertiary/aromatic N) is 3. The number of hydrogen-bond acceptors (Lipinski definition) is 6. The number of sulfonamides is 1. The Morgan fingerprint density at radius 3 is 2.61 bits per heavy atom. The molecule has 31 heavy (non-hydrogen) atoms. The first-order chi connectivity index (χ1) is 14.7. The number of imidazole rings is 1. The minimum Gasteiger partial charge on any atom is -0.487 e. The number of rotatable bonds is 9. The van der Waals surface area contributed by atoms with Crippen LogP contribution in [0.15, 0.2) is 47.4 Å². The maximum Gasteiger partial charge on any atom is 0.306 e. The average molecular weight is 450 g/mol. The highest BCUT2D eigenvalue weighted by Crippen LogP contribution is 2.22. The number of esters is 1. The van der Waals surface area contributed by atoms with Crippen LogP contribution in [0.2, 0.25) is 0 Å². The minimum atomic E-state index is -3.56. The van der Waals surface area contributed by atoms with E-state index < -0.39 is 21.8 Å². The molecule has 3 aromatic rings. The number of benzene rings is 2. The molecule has 3 rings (SSSR count). The van der Waals surface area contributed by atoms with Crippen molar-refractivity contribution in [2.24, 2.45) is 7.05 Å². The molecule has 8 nitrogen and oxygen atoms in total. The van der Waals surface area contributed by atoms with Crippen LogP contribution in [-0.2, 0) is 33.0 Å². The summed E-state index contributed by atoms with van der Waals surface area (Å²) >= 11 is 0. The van der Waals surface area contributed by atoms with E-state index in [1.807, 2.05) is 4.57 Å². The van der Waals surface area contributed by atoms with Gasteiger partial charge in [0.05, 0.1) is 22.3 Å². The van der Waals surface area contributed by atoms with Crippen molar-refractivity contribution in [2.45, 2.75) is 17.7 Å². The van der Waals surface area contributed by atoms with E-state index in [0.717, 1.165) is 9.82 Å². The summed E-state index contributed by atoms with van der Waals surface area (Å²) in [5, 5.41) is 0. The van der Waals surface area contributed by atoms with E-state index in [1.54, 1.807) is 25.2 Å². The third-order valence-electron chi connectivity index (χ3n) is 4.72. The standard InChI is InChI=1S/C21H24FN3O5S/c1-24(2)31(27,28)15-8-9-18-17(14-15)23-20(25(18)3)10-11-21(26)30-13-12-29-19-7-5-4-6-16(19)22/h4-9,14H,10-13H2,1-3H3. The van der Waals surface area contributed by atoms with E-state index in [9.17, 15) is 17.6 Å². The highest BCUT2D eigenvalue weighted by atomic mass is 32.2. The molecule has 0 saturated heterocycles. The largest absolute Gasteiger partial charge is 0.487 e. The number of halogens is 1. The Bertz CT molecular complexity index is 1190. The van der Waals surface area contributed by atoms with Crippen molar-refractivity contribution >= 4 is 27.0 Å².